The molecule has 1 atom stereocenters. The van der Waals surface area contributed by atoms with Gasteiger partial charge in [-0.3, -0.25) is 0 Å². The third kappa shape index (κ3) is 5.28. The van der Waals surface area contributed by atoms with Crippen LogP contribution in [0, 0.1) is 6.92 Å². The summed E-state index contributed by atoms with van der Waals surface area (Å²) in [7, 11) is 1.95. The summed E-state index contributed by atoms with van der Waals surface area (Å²) in [4.78, 5) is 24.0. The van der Waals surface area contributed by atoms with Crippen LogP contribution in [-0.4, -0.2) is 55.3 Å². The summed E-state index contributed by atoms with van der Waals surface area (Å²) in [5, 5.41) is 3.32. The van der Waals surface area contributed by atoms with Gasteiger partial charge in [-0.15, -0.1) is 0 Å². The molecule has 1 aliphatic rings. The van der Waals surface area contributed by atoms with E-state index in [1.165, 1.54) is 6.33 Å². The number of hydrogen-bond acceptors (Lipinski definition) is 9. The van der Waals surface area contributed by atoms with Crippen molar-refractivity contribution in [3.8, 4) is 11.5 Å². The monoisotopic (exact) mass is 532 g/mol. The second-order valence-electron chi connectivity index (χ2n) is 9.45. The molecule has 6 rings (SSSR count). The van der Waals surface area contributed by atoms with E-state index in [9.17, 15) is 8.78 Å². The van der Waals surface area contributed by atoms with Crippen molar-refractivity contribution in [2.24, 2.45) is 7.05 Å². The van der Waals surface area contributed by atoms with Crippen molar-refractivity contribution in [1.29, 1.82) is 0 Å². The minimum Gasteiger partial charge on any atom is -0.457 e. The first-order valence-corrected chi connectivity index (χ1v) is 12.6. The minimum absolute atomic E-state index is 0.292. The van der Waals surface area contributed by atoms with E-state index in [-0.39, 0.29) is 0 Å². The summed E-state index contributed by atoms with van der Waals surface area (Å²) in [5.41, 5.74) is 4.71. The Kier molecular flexibility index (Phi) is 6.61. The van der Waals surface area contributed by atoms with Crippen molar-refractivity contribution < 1.29 is 18.3 Å². The second kappa shape index (κ2) is 10.4. The molecule has 0 spiro atoms. The smallest absolute Gasteiger partial charge is 0.345 e. The van der Waals surface area contributed by atoms with Gasteiger partial charge in [-0.2, -0.15) is 8.78 Å². The van der Waals surface area contributed by atoms with Crippen LogP contribution in [0.2, 0.25) is 0 Å². The Balaban J connectivity index is 1.22. The Hall–Kier alpha value is -4.45. The first-order chi connectivity index (χ1) is 18.9. The Labute approximate surface area is 222 Å². The lowest BCUT2D eigenvalue weighted by Gasteiger charge is -2.32. The summed E-state index contributed by atoms with van der Waals surface area (Å²) in [6.07, 6.45) is 5.54. The largest absolute Gasteiger partial charge is 0.457 e. The van der Waals surface area contributed by atoms with Crippen molar-refractivity contribution in [1.82, 2.24) is 29.5 Å². The lowest BCUT2D eigenvalue weighted by atomic mass is 10.1. The molecule has 200 valence electrons. The normalized spacial score (nSPS) is 15.8. The molecule has 1 saturated heterocycles. The first kappa shape index (κ1) is 24.9. The lowest BCUT2D eigenvalue weighted by Crippen LogP contribution is -2.41. The van der Waals surface area contributed by atoms with E-state index in [4.69, 9.17) is 9.47 Å². The van der Waals surface area contributed by atoms with Crippen LogP contribution in [0.4, 0.5) is 26.2 Å². The molecule has 12 heteroatoms. The molecule has 3 aromatic heterocycles. The highest BCUT2D eigenvalue weighted by atomic mass is 19.3. The van der Waals surface area contributed by atoms with Crippen LogP contribution in [0.3, 0.4) is 0 Å². The molecular formula is C27H26F2N8O2. The van der Waals surface area contributed by atoms with Gasteiger partial charge in [0.15, 0.2) is 5.82 Å². The van der Waals surface area contributed by atoms with Crippen LogP contribution in [-0.2, 0) is 11.8 Å². The van der Waals surface area contributed by atoms with Gasteiger partial charge in [-0.1, -0.05) is 0 Å². The second-order valence-corrected chi connectivity index (χ2v) is 9.45. The Morgan fingerprint density at radius 3 is 2.79 bits per heavy atom. The van der Waals surface area contributed by atoms with Crippen LogP contribution in [0.25, 0.3) is 22.1 Å². The van der Waals surface area contributed by atoms with Gasteiger partial charge in [0, 0.05) is 31.9 Å². The van der Waals surface area contributed by atoms with Crippen LogP contribution < -0.4 is 15.0 Å². The third-order valence-electron chi connectivity index (χ3n) is 6.68. The number of nitrogens with one attached hydrogen (secondary N) is 1. The van der Waals surface area contributed by atoms with Gasteiger partial charge in [0.1, 0.15) is 28.9 Å². The zero-order valence-electron chi connectivity index (χ0n) is 21.4. The summed E-state index contributed by atoms with van der Waals surface area (Å²) >= 11 is 0. The number of imidazole rings is 1. The number of piperidine rings is 1. The van der Waals surface area contributed by atoms with Crippen molar-refractivity contribution in [3.05, 3.63) is 60.8 Å². The first-order valence-electron chi connectivity index (χ1n) is 12.6. The fourth-order valence-electron chi connectivity index (χ4n) is 4.75. The van der Waals surface area contributed by atoms with E-state index in [1.807, 2.05) is 59.8 Å². The van der Waals surface area contributed by atoms with E-state index < -0.39 is 12.7 Å². The number of anilines is 3. The van der Waals surface area contributed by atoms with E-state index in [0.29, 0.717) is 54.5 Å². The predicted octanol–water partition coefficient (Wildman–Crippen LogP) is 5.36. The number of hydrogen-bond donors (Lipinski definition) is 1. The Morgan fingerprint density at radius 1 is 1.05 bits per heavy atom. The molecule has 5 aromatic rings. The van der Waals surface area contributed by atoms with Gasteiger partial charge >= 0.3 is 6.61 Å². The van der Waals surface area contributed by atoms with Crippen LogP contribution >= 0.6 is 0 Å². The van der Waals surface area contributed by atoms with Crippen LogP contribution in [0.1, 0.15) is 18.4 Å². The molecule has 2 aromatic carbocycles. The molecule has 1 fully saturated rings. The maximum atomic E-state index is 12.7. The van der Waals surface area contributed by atoms with Crippen molar-refractivity contribution in [2.75, 3.05) is 23.3 Å². The van der Waals surface area contributed by atoms with Gasteiger partial charge in [-0.25, -0.2) is 24.9 Å². The number of nitrogens with zero attached hydrogens (tertiary/aromatic N) is 7. The third-order valence-corrected chi connectivity index (χ3v) is 6.68. The van der Waals surface area contributed by atoms with Crippen molar-refractivity contribution in [3.63, 3.8) is 0 Å². The highest BCUT2D eigenvalue weighted by Gasteiger charge is 2.25. The van der Waals surface area contributed by atoms with E-state index >= 15 is 0 Å². The summed E-state index contributed by atoms with van der Waals surface area (Å²) in [5.74, 6) is 2.36. The Bertz CT molecular complexity index is 1640. The Morgan fingerprint density at radius 2 is 1.95 bits per heavy atom. The molecule has 4 heterocycles. The van der Waals surface area contributed by atoms with Crippen LogP contribution in [0.15, 0.2) is 55.2 Å². The van der Waals surface area contributed by atoms with Gasteiger partial charge < -0.3 is 24.3 Å². The average Bonchev–Trinajstić information content (AvgIpc) is 3.30. The number of rotatable bonds is 7. The molecule has 0 unspecified atom stereocenters. The molecular weight excluding hydrogens is 506 g/mol. The minimum atomic E-state index is -2.80. The number of aromatic nitrogens is 6. The van der Waals surface area contributed by atoms with Crippen LogP contribution in [0.5, 0.6) is 11.5 Å². The fourth-order valence-corrected chi connectivity index (χ4v) is 4.75. The van der Waals surface area contributed by atoms with E-state index in [0.717, 1.165) is 28.0 Å². The topological polar surface area (TPSA) is 103 Å². The summed E-state index contributed by atoms with van der Waals surface area (Å²) in [6.45, 7) is 0.104. The molecule has 1 aliphatic heterocycles. The molecule has 1 N–H and O–H groups in total. The number of halogens is 2. The summed E-state index contributed by atoms with van der Waals surface area (Å²) in [6, 6.07) is 11.6. The van der Waals surface area contributed by atoms with Gasteiger partial charge in [0.25, 0.3) is 0 Å². The molecule has 39 heavy (non-hydrogen) atoms. The van der Waals surface area contributed by atoms with Gasteiger partial charge in [0.05, 0.1) is 29.7 Å². The standard InChI is InChI=1S/C27H26F2N8O2/c1-16-10-17(5-8-23(16)38-18-6-7-22-20(11-18)33-15-36(22)2)34-25-24-21(31-14-32-25)12-30-27(35-24)37-9-3-4-19(13-37)39-26(28)29/h5-8,10-12,14-15,19,26H,3-4,9,13H2,1-2H3,(H,31,32,34)/t19-/m1/s1. The number of alkyl halides is 2. The number of fused-ring (bicyclic) bond motifs is 2. The summed E-state index contributed by atoms with van der Waals surface area (Å²) < 4.78 is 38.3. The number of benzene rings is 2. The average molecular weight is 533 g/mol. The number of aryl methyl sites for hydroxylation is 2. The highest BCUT2D eigenvalue weighted by molar-refractivity contribution is 5.87. The zero-order valence-corrected chi connectivity index (χ0v) is 21.4. The number of ether oxygens (including phenoxy) is 2. The maximum absolute atomic E-state index is 12.7. The maximum Gasteiger partial charge on any atom is 0.345 e. The molecule has 0 aliphatic carbocycles. The van der Waals surface area contributed by atoms with Gasteiger partial charge in [-0.05, 0) is 55.7 Å². The van der Waals surface area contributed by atoms with E-state index in [2.05, 4.69) is 30.2 Å². The van der Waals surface area contributed by atoms with Gasteiger partial charge in [0.2, 0.25) is 5.95 Å². The molecule has 0 radical (unpaired) electrons. The molecule has 10 nitrogen and oxygen atoms in total. The highest BCUT2D eigenvalue weighted by Crippen LogP contribution is 2.31. The SMILES string of the molecule is Cc1cc(Nc2ncnc3cnc(N4CCC[C@@H](OC(F)F)C4)nc23)ccc1Oc1ccc2c(c1)ncn2C. The molecule has 0 amide bonds. The fraction of sp³-hybridized carbons (Fsp3) is 0.296. The van der Waals surface area contributed by atoms with Crippen molar-refractivity contribution >= 4 is 39.5 Å². The molecule has 0 bridgehead atoms. The zero-order chi connectivity index (χ0) is 26.9. The lowest BCUT2D eigenvalue weighted by molar-refractivity contribution is -0.163. The predicted molar refractivity (Wildman–Crippen MR) is 143 cm³/mol. The van der Waals surface area contributed by atoms with E-state index in [1.54, 1.807) is 12.5 Å². The van der Waals surface area contributed by atoms with Crippen molar-refractivity contribution in [2.45, 2.75) is 32.5 Å². The quantitative estimate of drug-likeness (QED) is 0.297. The molecule has 0 saturated carbocycles.